The monoisotopic (exact) mass is 501 g/mol. The fraction of sp³-hybridized carbons (Fsp3) is 0.679. The molecule has 2 rings (SSSR count). The Balaban J connectivity index is 2.03. The molecule has 1 aromatic carbocycles. The Labute approximate surface area is 216 Å². The molecule has 7 N–H and O–H groups in total. The summed E-state index contributed by atoms with van der Waals surface area (Å²) >= 11 is 0. The molecule has 0 spiro atoms. The second-order valence-electron chi connectivity index (χ2n) is 10.5. The second kappa shape index (κ2) is 15.7. The summed E-state index contributed by atoms with van der Waals surface area (Å²) in [5.41, 5.74) is 19.4. The lowest BCUT2D eigenvalue weighted by atomic mass is 9.84. The van der Waals surface area contributed by atoms with E-state index in [0.717, 1.165) is 12.0 Å². The largest absolute Gasteiger partial charge is 0.345 e. The number of nitrogens with two attached hydrogens (primary N) is 3. The van der Waals surface area contributed by atoms with Crippen molar-refractivity contribution in [3.63, 3.8) is 0 Å². The molecule has 0 heterocycles. The Morgan fingerprint density at radius 3 is 2.17 bits per heavy atom. The first kappa shape index (κ1) is 29.9. The highest BCUT2D eigenvalue weighted by molar-refractivity contribution is 5.93. The number of carbonyl (C=O) groups excluding carboxylic acids is 3. The molecule has 0 bridgehead atoms. The van der Waals surface area contributed by atoms with Crippen LogP contribution in [0, 0.1) is 5.92 Å². The van der Waals surface area contributed by atoms with Crippen LogP contribution in [-0.2, 0) is 20.8 Å². The number of hydrogen-bond donors (Lipinski definition) is 4. The smallest absolute Gasteiger partial charge is 0.238 e. The van der Waals surface area contributed by atoms with Crippen LogP contribution in [0.25, 0.3) is 0 Å². The molecule has 202 valence electrons. The van der Waals surface area contributed by atoms with E-state index in [0.29, 0.717) is 44.4 Å². The van der Waals surface area contributed by atoms with E-state index in [1.165, 1.54) is 42.6 Å². The summed E-state index contributed by atoms with van der Waals surface area (Å²) in [7, 11) is 0. The number of nitrogens with one attached hydrogen (secondary N) is 1. The van der Waals surface area contributed by atoms with Gasteiger partial charge in [0.25, 0.3) is 0 Å². The molecule has 36 heavy (non-hydrogen) atoms. The van der Waals surface area contributed by atoms with E-state index in [-0.39, 0.29) is 24.5 Å². The van der Waals surface area contributed by atoms with Gasteiger partial charge in [0.2, 0.25) is 11.8 Å². The van der Waals surface area contributed by atoms with Gasteiger partial charge in [-0.2, -0.15) is 0 Å². The van der Waals surface area contributed by atoms with E-state index in [1.54, 1.807) is 0 Å². The predicted molar refractivity (Wildman–Crippen MR) is 144 cm³/mol. The van der Waals surface area contributed by atoms with E-state index in [1.807, 2.05) is 12.1 Å². The summed E-state index contributed by atoms with van der Waals surface area (Å²) in [6.07, 6.45) is 7.69. The van der Waals surface area contributed by atoms with Gasteiger partial charge in [-0.25, -0.2) is 0 Å². The Morgan fingerprint density at radius 1 is 1.00 bits per heavy atom. The molecule has 1 aliphatic carbocycles. The molecule has 0 unspecified atom stereocenters. The molecule has 1 aliphatic rings. The highest BCUT2D eigenvalue weighted by Crippen LogP contribution is 2.28. The maximum Gasteiger partial charge on any atom is 0.238 e. The first-order valence-electron chi connectivity index (χ1n) is 13.6. The van der Waals surface area contributed by atoms with Gasteiger partial charge in [0.15, 0.2) is 5.78 Å². The van der Waals surface area contributed by atoms with Gasteiger partial charge in [-0.15, -0.1) is 0 Å². The molecule has 1 saturated carbocycles. The van der Waals surface area contributed by atoms with Gasteiger partial charge < -0.3 is 27.4 Å². The lowest BCUT2D eigenvalue weighted by molar-refractivity contribution is -0.135. The number of benzene rings is 1. The van der Waals surface area contributed by atoms with Crippen molar-refractivity contribution in [3.8, 4) is 0 Å². The van der Waals surface area contributed by atoms with Crippen LogP contribution in [0.15, 0.2) is 24.3 Å². The number of hydrogen-bond acceptors (Lipinski definition) is 6. The highest BCUT2D eigenvalue weighted by Gasteiger charge is 2.27. The van der Waals surface area contributed by atoms with Crippen LogP contribution in [-0.4, -0.2) is 60.8 Å². The molecule has 2 atom stereocenters. The Hall–Kier alpha value is -2.29. The van der Waals surface area contributed by atoms with Gasteiger partial charge in [-0.3, -0.25) is 14.4 Å². The number of ketones is 1. The summed E-state index contributed by atoms with van der Waals surface area (Å²) in [4.78, 5) is 40.4. The topological polar surface area (TPSA) is 145 Å². The minimum absolute atomic E-state index is 0.0251. The minimum atomic E-state index is -1.04. The van der Waals surface area contributed by atoms with Gasteiger partial charge in [0.1, 0.15) is 0 Å². The zero-order valence-electron chi connectivity index (χ0n) is 22.2. The first-order valence-corrected chi connectivity index (χ1v) is 13.6. The lowest BCUT2D eigenvalue weighted by Crippen LogP contribution is -2.51. The standard InChI is InChI=1S/C28H47N5O3/c1-20(2)23-11-8-22(9-12-23)18-26(34)25(13-10-21-6-4-3-5-7-21)32-28(36)24(31)19-27(35)33(16-14-29)17-15-30/h8-9,11-12,20-21,24-25H,3-7,10,13-19,29-31H2,1-2H3,(H,32,36)/t24-,25-/m0/s1. The molecule has 0 radical (unpaired) electrons. The van der Waals surface area contributed by atoms with Crippen molar-refractivity contribution in [2.24, 2.45) is 23.1 Å². The van der Waals surface area contributed by atoms with Crippen LogP contribution in [0.5, 0.6) is 0 Å². The Bertz CT molecular complexity index is 815. The molecule has 8 nitrogen and oxygen atoms in total. The minimum Gasteiger partial charge on any atom is -0.345 e. The van der Waals surface area contributed by atoms with Crippen molar-refractivity contribution in [1.82, 2.24) is 10.2 Å². The maximum atomic E-state index is 13.3. The number of amides is 2. The van der Waals surface area contributed by atoms with Crippen LogP contribution in [0.1, 0.15) is 82.3 Å². The fourth-order valence-electron chi connectivity index (χ4n) is 4.90. The molecule has 1 aromatic rings. The Morgan fingerprint density at radius 2 is 1.61 bits per heavy atom. The zero-order valence-corrected chi connectivity index (χ0v) is 22.2. The van der Waals surface area contributed by atoms with Crippen LogP contribution in [0.3, 0.4) is 0 Å². The fourth-order valence-corrected chi connectivity index (χ4v) is 4.90. The van der Waals surface area contributed by atoms with Crippen molar-refractivity contribution >= 4 is 17.6 Å². The van der Waals surface area contributed by atoms with Crippen molar-refractivity contribution in [1.29, 1.82) is 0 Å². The first-order chi connectivity index (χ1) is 17.2. The summed E-state index contributed by atoms with van der Waals surface area (Å²) in [6.45, 7) is 5.61. The number of rotatable bonds is 15. The van der Waals surface area contributed by atoms with Gasteiger partial charge >= 0.3 is 0 Å². The average molecular weight is 502 g/mol. The van der Waals surface area contributed by atoms with E-state index < -0.39 is 18.0 Å². The van der Waals surface area contributed by atoms with Gasteiger partial charge in [-0.1, -0.05) is 70.2 Å². The summed E-state index contributed by atoms with van der Waals surface area (Å²) in [5.74, 6) is 0.257. The summed E-state index contributed by atoms with van der Waals surface area (Å²) < 4.78 is 0. The van der Waals surface area contributed by atoms with Crippen LogP contribution in [0.2, 0.25) is 0 Å². The van der Waals surface area contributed by atoms with Crippen molar-refractivity contribution < 1.29 is 14.4 Å². The third kappa shape index (κ3) is 9.99. The molecule has 0 aliphatic heterocycles. The third-order valence-corrected chi connectivity index (χ3v) is 7.20. The van der Waals surface area contributed by atoms with Gasteiger partial charge in [0.05, 0.1) is 18.5 Å². The van der Waals surface area contributed by atoms with Gasteiger partial charge in [-0.05, 0) is 35.8 Å². The molecule has 2 amide bonds. The van der Waals surface area contributed by atoms with Crippen molar-refractivity contribution in [2.75, 3.05) is 26.2 Å². The van der Waals surface area contributed by atoms with E-state index in [2.05, 4.69) is 31.3 Å². The van der Waals surface area contributed by atoms with Crippen molar-refractivity contribution in [2.45, 2.75) is 89.6 Å². The zero-order chi connectivity index (χ0) is 26.5. The highest BCUT2D eigenvalue weighted by atomic mass is 16.2. The molecular formula is C28H47N5O3. The molecule has 0 saturated heterocycles. The number of carbonyl (C=O) groups is 3. The van der Waals surface area contributed by atoms with Crippen LogP contribution in [0.4, 0.5) is 0 Å². The Kier molecular flexibility index (Phi) is 13.1. The summed E-state index contributed by atoms with van der Waals surface area (Å²) in [6, 6.07) is 6.43. The average Bonchev–Trinajstić information content (AvgIpc) is 2.87. The van der Waals surface area contributed by atoms with Crippen LogP contribution >= 0.6 is 0 Å². The lowest BCUT2D eigenvalue weighted by Gasteiger charge is -2.26. The van der Waals surface area contributed by atoms with Gasteiger partial charge in [0, 0.05) is 32.6 Å². The predicted octanol–water partition coefficient (Wildman–Crippen LogP) is 2.23. The maximum absolute atomic E-state index is 13.3. The molecule has 1 fully saturated rings. The molecule has 8 heteroatoms. The number of nitrogens with zero attached hydrogens (tertiary/aromatic N) is 1. The SMILES string of the molecule is CC(C)c1ccc(CC(=O)[C@H](CCC2CCCCC2)NC(=O)[C@@H](N)CC(=O)N(CCN)CCN)cc1. The summed E-state index contributed by atoms with van der Waals surface area (Å²) in [5, 5.41) is 2.88. The van der Waals surface area contributed by atoms with E-state index in [9.17, 15) is 14.4 Å². The molecular weight excluding hydrogens is 454 g/mol. The second-order valence-corrected chi connectivity index (χ2v) is 10.5. The molecule has 0 aromatic heterocycles. The number of Topliss-reactive ketones (excluding diaryl/α,β-unsaturated/α-hetero) is 1. The quantitative estimate of drug-likeness (QED) is 0.290. The normalized spacial score (nSPS) is 15.9. The van der Waals surface area contributed by atoms with E-state index >= 15 is 0 Å². The van der Waals surface area contributed by atoms with Crippen molar-refractivity contribution in [3.05, 3.63) is 35.4 Å². The van der Waals surface area contributed by atoms with E-state index in [4.69, 9.17) is 17.2 Å². The third-order valence-electron chi connectivity index (χ3n) is 7.20. The van der Waals surface area contributed by atoms with Crippen LogP contribution < -0.4 is 22.5 Å².